The van der Waals surface area contributed by atoms with Crippen molar-refractivity contribution >= 4 is 11.6 Å². The van der Waals surface area contributed by atoms with Gasteiger partial charge in [0.05, 0.1) is 0 Å². The summed E-state index contributed by atoms with van der Waals surface area (Å²) in [6.07, 6.45) is 4.52. The van der Waals surface area contributed by atoms with E-state index in [1.807, 2.05) is 6.07 Å². The molecule has 0 radical (unpaired) electrons. The Morgan fingerprint density at radius 1 is 1.15 bits per heavy atom. The zero-order valence-corrected chi connectivity index (χ0v) is 8.93. The SMILES string of the molecule is CCCC(Cl)CCc1ccccc1. The molecule has 1 aromatic carbocycles. The smallest absolute Gasteiger partial charge is 0.0339 e. The number of aryl methyl sites for hydroxylation is 1. The zero-order chi connectivity index (χ0) is 9.52. The van der Waals surface area contributed by atoms with Crippen LogP contribution in [0.15, 0.2) is 30.3 Å². The Morgan fingerprint density at radius 2 is 1.85 bits per heavy atom. The average molecular weight is 197 g/mol. The molecule has 0 saturated heterocycles. The summed E-state index contributed by atoms with van der Waals surface area (Å²) in [7, 11) is 0. The van der Waals surface area contributed by atoms with Gasteiger partial charge in [-0.05, 0) is 24.8 Å². The van der Waals surface area contributed by atoms with Gasteiger partial charge in [0.15, 0.2) is 0 Å². The molecule has 0 fully saturated rings. The highest BCUT2D eigenvalue weighted by Crippen LogP contribution is 2.13. The van der Waals surface area contributed by atoms with Crippen LogP contribution in [0.1, 0.15) is 31.7 Å². The van der Waals surface area contributed by atoms with Crippen LogP contribution in [0.5, 0.6) is 0 Å². The Hall–Kier alpha value is -0.490. The molecule has 1 unspecified atom stereocenters. The van der Waals surface area contributed by atoms with Gasteiger partial charge in [0.25, 0.3) is 0 Å². The molecule has 1 rings (SSSR count). The largest absolute Gasteiger partial charge is 0.123 e. The lowest BCUT2D eigenvalue weighted by atomic mass is 10.1. The van der Waals surface area contributed by atoms with Gasteiger partial charge in [0.2, 0.25) is 0 Å². The first-order chi connectivity index (χ1) is 6.33. The van der Waals surface area contributed by atoms with Crippen LogP contribution in [0.4, 0.5) is 0 Å². The molecule has 1 atom stereocenters. The molecule has 0 aromatic heterocycles. The Labute approximate surface area is 85.9 Å². The summed E-state index contributed by atoms with van der Waals surface area (Å²) in [4.78, 5) is 0. The second-order valence-corrected chi connectivity index (χ2v) is 4.03. The van der Waals surface area contributed by atoms with Gasteiger partial charge in [-0.3, -0.25) is 0 Å². The van der Waals surface area contributed by atoms with Crippen LogP contribution in [0.3, 0.4) is 0 Å². The molecule has 0 aliphatic carbocycles. The standard InChI is InChI=1S/C12H17Cl/c1-2-6-12(13)10-9-11-7-4-3-5-8-11/h3-5,7-8,12H,2,6,9-10H2,1H3. The molecular weight excluding hydrogens is 180 g/mol. The van der Waals surface area contributed by atoms with Gasteiger partial charge in [-0.25, -0.2) is 0 Å². The number of hydrogen-bond donors (Lipinski definition) is 0. The van der Waals surface area contributed by atoms with Crippen molar-refractivity contribution in [3.8, 4) is 0 Å². The van der Waals surface area contributed by atoms with Gasteiger partial charge >= 0.3 is 0 Å². The van der Waals surface area contributed by atoms with E-state index in [1.54, 1.807) is 0 Å². The molecule has 0 N–H and O–H groups in total. The van der Waals surface area contributed by atoms with Crippen molar-refractivity contribution in [2.75, 3.05) is 0 Å². The Morgan fingerprint density at radius 3 is 2.46 bits per heavy atom. The van der Waals surface area contributed by atoms with E-state index in [0.29, 0.717) is 5.38 Å². The molecule has 72 valence electrons. The summed E-state index contributed by atoms with van der Waals surface area (Å²) in [5.41, 5.74) is 1.39. The highest BCUT2D eigenvalue weighted by atomic mass is 35.5. The first-order valence-corrected chi connectivity index (χ1v) is 5.44. The van der Waals surface area contributed by atoms with Gasteiger partial charge in [-0.15, -0.1) is 11.6 Å². The molecule has 0 spiro atoms. The van der Waals surface area contributed by atoms with E-state index in [-0.39, 0.29) is 0 Å². The minimum absolute atomic E-state index is 0.352. The van der Waals surface area contributed by atoms with Crippen molar-refractivity contribution in [3.05, 3.63) is 35.9 Å². The molecule has 13 heavy (non-hydrogen) atoms. The number of hydrogen-bond acceptors (Lipinski definition) is 0. The summed E-state index contributed by atoms with van der Waals surface area (Å²) in [5, 5.41) is 0.352. The molecule has 0 amide bonds. The third-order valence-electron chi connectivity index (χ3n) is 2.19. The van der Waals surface area contributed by atoms with Crippen molar-refractivity contribution in [2.45, 2.75) is 38.0 Å². The van der Waals surface area contributed by atoms with Crippen LogP contribution in [0, 0.1) is 0 Å². The average Bonchev–Trinajstić information content (AvgIpc) is 2.17. The minimum Gasteiger partial charge on any atom is -0.123 e. The molecule has 0 heterocycles. The molecule has 0 nitrogen and oxygen atoms in total. The molecule has 0 saturated carbocycles. The van der Waals surface area contributed by atoms with Crippen molar-refractivity contribution in [2.24, 2.45) is 0 Å². The number of alkyl halides is 1. The molecule has 1 aromatic rings. The maximum absolute atomic E-state index is 6.13. The maximum Gasteiger partial charge on any atom is 0.0339 e. The number of halogens is 1. The van der Waals surface area contributed by atoms with Crippen LogP contribution in [0.2, 0.25) is 0 Å². The lowest BCUT2D eigenvalue weighted by molar-refractivity contribution is 0.676. The first-order valence-electron chi connectivity index (χ1n) is 5.01. The van der Waals surface area contributed by atoms with Gasteiger partial charge in [0, 0.05) is 5.38 Å². The van der Waals surface area contributed by atoms with Crippen LogP contribution in [-0.2, 0) is 6.42 Å². The van der Waals surface area contributed by atoms with Gasteiger partial charge in [-0.2, -0.15) is 0 Å². The van der Waals surface area contributed by atoms with E-state index in [0.717, 1.165) is 19.3 Å². The molecule has 0 aliphatic heterocycles. The Bertz CT molecular complexity index is 218. The fourth-order valence-corrected chi connectivity index (χ4v) is 1.75. The van der Waals surface area contributed by atoms with Gasteiger partial charge < -0.3 is 0 Å². The molecule has 1 heteroatoms. The fourth-order valence-electron chi connectivity index (χ4n) is 1.43. The minimum atomic E-state index is 0.352. The Balaban J connectivity index is 2.27. The Kier molecular flexibility index (Phi) is 4.92. The highest BCUT2D eigenvalue weighted by molar-refractivity contribution is 6.20. The van der Waals surface area contributed by atoms with Crippen LogP contribution >= 0.6 is 11.6 Å². The van der Waals surface area contributed by atoms with E-state index >= 15 is 0 Å². The van der Waals surface area contributed by atoms with E-state index in [4.69, 9.17) is 11.6 Å². The van der Waals surface area contributed by atoms with Gasteiger partial charge in [0.1, 0.15) is 0 Å². The fraction of sp³-hybridized carbons (Fsp3) is 0.500. The van der Waals surface area contributed by atoms with E-state index in [1.165, 1.54) is 12.0 Å². The second kappa shape index (κ2) is 6.04. The summed E-state index contributed by atoms with van der Waals surface area (Å²) in [6.45, 7) is 2.18. The predicted molar refractivity (Wildman–Crippen MR) is 59.3 cm³/mol. The normalized spacial score (nSPS) is 12.8. The van der Waals surface area contributed by atoms with Crippen LogP contribution in [0.25, 0.3) is 0 Å². The van der Waals surface area contributed by atoms with Crippen molar-refractivity contribution in [3.63, 3.8) is 0 Å². The van der Waals surface area contributed by atoms with Crippen molar-refractivity contribution in [1.29, 1.82) is 0 Å². The quantitative estimate of drug-likeness (QED) is 0.624. The third kappa shape index (κ3) is 4.33. The van der Waals surface area contributed by atoms with E-state index < -0.39 is 0 Å². The third-order valence-corrected chi connectivity index (χ3v) is 2.63. The summed E-state index contributed by atoms with van der Waals surface area (Å²) < 4.78 is 0. The monoisotopic (exact) mass is 196 g/mol. The first kappa shape index (κ1) is 10.6. The number of rotatable bonds is 5. The van der Waals surface area contributed by atoms with E-state index in [2.05, 4.69) is 31.2 Å². The lowest BCUT2D eigenvalue weighted by Crippen LogP contribution is -1.99. The van der Waals surface area contributed by atoms with Crippen molar-refractivity contribution < 1.29 is 0 Å². The maximum atomic E-state index is 6.13. The van der Waals surface area contributed by atoms with Crippen molar-refractivity contribution in [1.82, 2.24) is 0 Å². The zero-order valence-electron chi connectivity index (χ0n) is 8.17. The predicted octanol–water partition coefficient (Wildman–Crippen LogP) is 4.03. The molecule has 0 aliphatic rings. The molecule has 0 bridgehead atoms. The number of benzene rings is 1. The highest BCUT2D eigenvalue weighted by Gasteiger charge is 2.02. The van der Waals surface area contributed by atoms with Crippen LogP contribution < -0.4 is 0 Å². The van der Waals surface area contributed by atoms with Crippen LogP contribution in [-0.4, -0.2) is 5.38 Å². The molecular formula is C12H17Cl. The second-order valence-electron chi connectivity index (χ2n) is 3.41. The topological polar surface area (TPSA) is 0 Å². The summed E-state index contributed by atoms with van der Waals surface area (Å²) >= 11 is 6.13. The summed E-state index contributed by atoms with van der Waals surface area (Å²) in [6, 6.07) is 10.5. The van der Waals surface area contributed by atoms with Gasteiger partial charge in [-0.1, -0.05) is 43.7 Å². The van der Waals surface area contributed by atoms with E-state index in [9.17, 15) is 0 Å². The summed E-state index contributed by atoms with van der Waals surface area (Å²) in [5.74, 6) is 0. The lowest BCUT2D eigenvalue weighted by Gasteiger charge is -2.07.